The predicted octanol–water partition coefficient (Wildman–Crippen LogP) is 4.10. The maximum absolute atomic E-state index is 11.9. The first-order valence-corrected chi connectivity index (χ1v) is 10.9. The molecule has 1 fully saturated rings. The number of anilines is 2. The largest absolute Gasteiger partial charge is 0.375 e. The minimum Gasteiger partial charge on any atom is -0.375 e. The van der Waals surface area contributed by atoms with Gasteiger partial charge < -0.3 is 25.3 Å². The molecule has 3 N–H and O–H groups in total. The number of aromatic amines is 1. The third-order valence-corrected chi connectivity index (χ3v) is 5.96. The number of carbonyl (C=O) groups excluding carboxylic acids is 1. The smallest absolute Gasteiger partial charge is 0.250 e. The average molecular weight is 450 g/mol. The van der Waals surface area contributed by atoms with Crippen LogP contribution in [0.2, 0.25) is 0 Å². The summed E-state index contributed by atoms with van der Waals surface area (Å²) < 4.78 is 4.91. The molecule has 2 aromatic heterocycles. The number of carbonyl (C=O) groups is 1. The van der Waals surface area contributed by atoms with E-state index in [0.29, 0.717) is 5.11 Å². The monoisotopic (exact) mass is 449 g/mol. The lowest BCUT2D eigenvalue weighted by molar-refractivity contribution is -0.119. The summed E-state index contributed by atoms with van der Waals surface area (Å²) in [7, 11) is 1.50. The fraction of sp³-hybridized carbons (Fsp3) is 0.292. The van der Waals surface area contributed by atoms with E-state index in [1.54, 1.807) is 6.20 Å². The molecule has 0 unspecified atom stereocenters. The summed E-state index contributed by atoms with van der Waals surface area (Å²) in [6, 6.07) is 13.8. The second-order valence-electron chi connectivity index (χ2n) is 8.01. The van der Waals surface area contributed by atoms with Crippen LogP contribution in [0.15, 0.2) is 48.7 Å². The van der Waals surface area contributed by atoms with Gasteiger partial charge in [0.15, 0.2) is 5.11 Å². The first kappa shape index (κ1) is 22.0. The van der Waals surface area contributed by atoms with Crippen molar-refractivity contribution in [1.82, 2.24) is 15.3 Å². The normalized spacial score (nSPS) is 18.0. The fourth-order valence-corrected chi connectivity index (χ4v) is 4.60. The summed E-state index contributed by atoms with van der Waals surface area (Å²) in [6.07, 6.45) is 1.80. The third kappa shape index (κ3) is 4.24. The van der Waals surface area contributed by atoms with Gasteiger partial charge in [-0.25, -0.2) is 0 Å². The molecule has 32 heavy (non-hydrogen) atoms. The van der Waals surface area contributed by atoms with Crippen molar-refractivity contribution >= 4 is 34.6 Å². The number of nitrogens with zero attached hydrogens (tertiary/aromatic N) is 2. The number of methoxy groups -OCH3 is 1. The van der Waals surface area contributed by atoms with Gasteiger partial charge in [-0.3, -0.25) is 9.78 Å². The summed E-state index contributed by atoms with van der Waals surface area (Å²) >= 11 is 5.80. The van der Waals surface area contributed by atoms with E-state index in [4.69, 9.17) is 17.0 Å². The molecule has 1 aromatic carbocycles. The van der Waals surface area contributed by atoms with Crippen LogP contribution in [0.3, 0.4) is 0 Å². The number of aryl methyl sites for hydroxylation is 3. The summed E-state index contributed by atoms with van der Waals surface area (Å²) in [5.74, 6) is -0.187. The lowest BCUT2D eigenvalue weighted by Gasteiger charge is -2.28. The number of H-pyrrole nitrogens is 1. The highest BCUT2D eigenvalue weighted by Crippen LogP contribution is 2.43. The van der Waals surface area contributed by atoms with E-state index >= 15 is 0 Å². The molecular weight excluding hydrogens is 422 g/mol. The Morgan fingerprint density at radius 2 is 2.03 bits per heavy atom. The molecule has 3 heterocycles. The van der Waals surface area contributed by atoms with Crippen LogP contribution < -0.4 is 15.5 Å². The number of thiocarbonyl (C=S) groups is 1. The van der Waals surface area contributed by atoms with Crippen molar-refractivity contribution in [2.45, 2.75) is 32.9 Å². The molecule has 4 rings (SSSR count). The first-order valence-electron chi connectivity index (χ1n) is 10.4. The van der Waals surface area contributed by atoms with E-state index in [2.05, 4.69) is 45.4 Å². The number of aromatic nitrogens is 2. The van der Waals surface area contributed by atoms with Crippen molar-refractivity contribution in [3.8, 4) is 0 Å². The van der Waals surface area contributed by atoms with Gasteiger partial charge in [0.2, 0.25) is 5.91 Å². The van der Waals surface area contributed by atoms with Gasteiger partial charge in [-0.05, 0) is 80.5 Å². The number of ether oxygens (including phenoxy) is 1. The minimum atomic E-state index is -0.187. The molecule has 0 aliphatic carbocycles. The van der Waals surface area contributed by atoms with E-state index in [-0.39, 0.29) is 24.6 Å². The zero-order valence-electron chi connectivity index (χ0n) is 18.6. The van der Waals surface area contributed by atoms with Gasteiger partial charge in [-0.1, -0.05) is 6.07 Å². The molecule has 1 amide bonds. The molecule has 1 aliphatic rings. The van der Waals surface area contributed by atoms with Crippen molar-refractivity contribution in [2.75, 3.05) is 23.9 Å². The Morgan fingerprint density at radius 3 is 2.66 bits per heavy atom. The van der Waals surface area contributed by atoms with Gasteiger partial charge >= 0.3 is 0 Å². The number of rotatable bonds is 6. The molecule has 0 spiro atoms. The number of amides is 1. The Morgan fingerprint density at radius 1 is 1.22 bits per heavy atom. The molecule has 7 nitrogen and oxygen atoms in total. The van der Waals surface area contributed by atoms with Crippen LogP contribution in [0.4, 0.5) is 11.4 Å². The Labute approximate surface area is 193 Å². The third-order valence-electron chi connectivity index (χ3n) is 5.64. The van der Waals surface area contributed by atoms with Crippen LogP contribution in [-0.4, -0.2) is 34.7 Å². The molecule has 1 saturated heterocycles. The van der Waals surface area contributed by atoms with Crippen LogP contribution in [0, 0.1) is 20.8 Å². The minimum absolute atomic E-state index is 0.0151. The summed E-state index contributed by atoms with van der Waals surface area (Å²) in [5, 5.41) is 7.00. The highest BCUT2D eigenvalue weighted by Gasteiger charge is 2.41. The first-order chi connectivity index (χ1) is 15.4. The quantitative estimate of drug-likeness (QED) is 0.492. The van der Waals surface area contributed by atoms with Crippen LogP contribution in [0.5, 0.6) is 0 Å². The molecule has 0 bridgehead atoms. The standard InChI is InChI=1S/C24H27N5O2S/c1-14-11-17(8-9-19(14)27-21(30)13-31-4)29-23(18-12-15(2)26-16(18)3)22(28-24(29)32)20-7-5-6-10-25-20/h5-12,22-23,26H,13H2,1-4H3,(H,27,30)(H,28,32)/t22-,23+/m1/s1. The Bertz CT molecular complexity index is 1140. The van der Waals surface area contributed by atoms with E-state index in [1.807, 2.05) is 43.3 Å². The predicted molar refractivity (Wildman–Crippen MR) is 130 cm³/mol. The molecular formula is C24H27N5O2S. The van der Waals surface area contributed by atoms with Gasteiger partial charge in [-0.2, -0.15) is 0 Å². The summed E-state index contributed by atoms with van der Waals surface area (Å²) in [4.78, 5) is 22.1. The van der Waals surface area contributed by atoms with Crippen LogP contribution in [-0.2, 0) is 9.53 Å². The maximum atomic E-state index is 11.9. The average Bonchev–Trinajstić information content (AvgIpc) is 3.28. The lowest BCUT2D eigenvalue weighted by atomic mass is 9.96. The molecule has 2 atom stereocenters. The van der Waals surface area contributed by atoms with Gasteiger partial charge in [0.25, 0.3) is 0 Å². The second kappa shape index (κ2) is 9.10. The van der Waals surface area contributed by atoms with E-state index in [1.165, 1.54) is 12.7 Å². The van der Waals surface area contributed by atoms with Crippen LogP contribution in [0.1, 0.15) is 40.3 Å². The van der Waals surface area contributed by atoms with Crippen LogP contribution in [0.25, 0.3) is 0 Å². The topological polar surface area (TPSA) is 82.3 Å². The molecule has 1 aliphatic heterocycles. The van der Waals surface area contributed by atoms with E-state index in [0.717, 1.165) is 34.0 Å². The fourth-order valence-electron chi connectivity index (χ4n) is 4.26. The highest BCUT2D eigenvalue weighted by molar-refractivity contribution is 7.80. The Hall–Kier alpha value is -3.23. The van der Waals surface area contributed by atoms with Gasteiger partial charge in [-0.15, -0.1) is 0 Å². The Kier molecular flexibility index (Phi) is 6.25. The Balaban J connectivity index is 1.74. The van der Waals surface area contributed by atoms with Gasteiger partial charge in [0.1, 0.15) is 6.61 Å². The van der Waals surface area contributed by atoms with Crippen LogP contribution >= 0.6 is 12.2 Å². The molecule has 8 heteroatoms. The summed E-state index contributed by atoms with van der Waals surface area (Å²) in [6.45, 7) is 6.12. The zero-order chi connectivity index (χ0) is 22.8. The van der Waals surface area contributed by atoms with Crippen molar-refractivity contribution in [2.24, 2.45) is 0 Å². The van der Waals surface area contributed by atoms with Crippen molar-refractivity contribution in [1.29, 1.82) is 0 Å². The SMILES string of the molecule is COCC(=O)Nc1ccc(N2C(=S)N[C@H](c3ccccn3)[C@@H]2c2cc(C)[nH]c2C)cc1C. The molecule has 0 saturated carbocycles. The van der Waals surface area contributed by atoms with Crippen molar-refractivity contribution in [3.05, 3.63) is 76.9 Å². The maximum Gasteiger partial charge on any atom is 0.250 e. The van der Waals surface area contributed by atoms with E-state index in [9.17, 15) is 4.79 Å². The zero-order valence-corrected chi connectivity index (χ0v) is 19.4. The summed E-state index contributed by atoms with van der Waals surface area (Å²) in [5.41, 5.74) is 6.94. The molecule has 166 valence electrons. The number of hydrogen-bond acceptors (Lipinski definition) is 4. The van der Waals surface area contributed by atoms with E-state index < -0.39 is 0 Å². The number of hydrogen-bond donors (Lipinski definition) is 3. The number of pyridine rings is 1. The lowest BCUT2D eigenvalue weighted by Crippen LogP contribution is -2.29. The molecule has 0 radical (unpaired) electrons. The van der Waals surface area contributed by atoms with Crippen molar-refractivity contribution < 1.29 is 9.53 Å². The molecule has 3 aromatic rings. The van der Waals surface area contributed by atoms with Gasteiger partial charge in [0.05, 0.1) is 17.8 Å². The number of benzene rings is 1. The number of nitrogens with one attached hydrogen (secondary N) is 3. The second-order valence-corrected chi connectivity index (χ2v) is 8.40. The van der Waals surface area contributed by atoms with Gasteiger partial charge in [0, 0.05) is 36.1 Å². The highest BCUT2D eigenvalue weighted by atomic mass is 32.1. The van der Waals surface area contributed by atoms with Crippen molar-refractivity contribution in [3.63, 3.8) is 0 Å².